The number of rotatable bonds is 5. The van der Waals surface area contributed by atoms with Gasteiger partial charge in [-0.05, 0) is 6.07 Å². The summed E-state index contributed by atoms with van der Waals surface area (Å²) in [6.45, 7) is 4.51. The number of hydrogen-bond acceptors (Lipinski definition) is 6. The summed E-state index contributed by atoms with van der Waals surface area (Å²) < 4.78 is 5.71. The molecule has 8 heteroatoms. The van der Waals surface area contributed by atoms with Gasteiger partial charge in [0.15, 0.2) is 5.82 Å². The van der Waals surface area contributed by atoms with Crippen LogP contribution in [0.1, 0.15) is 19.7 Å². The van der Waals surface area contributed by atoms with E-state index in [1.165, 1.54) is 12.1 Å². The molecule has 0 aliphatic heterocycles. The Labute approximate surface area is 123 Å². The molecule has 0 aliphatic carbocycles. The van der Waals surface area contributed by atoms with Crippen LogP contribution >= 0.6 is 15.9 Å². The van der Waals surface area contributed by atoms with Gasteiger partial charge >= 0.3 is 0 Å². The highest BCUT2D eigenvalue weighted by molar-refractivity contribution is 9.10. The maximum atomic E-state index is 10.8. The molecule has 2 aromatic rings. The third kappa shape index (κ3) is 3.61. The second-order valence-electron chi connectivity index (χ2n) is 4.51. The highest BCUT2D eigenvalue weighted by Crippen LogP contribution is 2.27. The molecule has 2 rings (SSSR count). The number of nitrogens with zero attached hydrogens (tertiary/aromatic N) is 3. The molecule has 0 amide bonds. The van der Waals surface area contributed by atoms with Crippen molar-refractivity contribution in [2.45, 2.75) is 26.4 Å². The Bertz CT molecular complexity index is 627. The topological polar surface area (TPSA) is 94.1 Å². The summed E-state index contributed by atoms with van der Waals surface area (Å²) in [5, 5.41) is 17.8. The molecule has 0 radical (unpaired) electrons. The van der Waals surface area contributed by atoms with E-state index in [0.29, 0.717) is 28.4 Å². The van der Waals surface area contributed by atoms with Crippen molar-refractivity contribution in [3.05, 3.63) is 38.6 Å². The fourth-order valence-electron chi connectivity index (χ4n) is 1.54. The first-order valence-corrected chi connectivity index (χ1v) is 6.76. The van der Waals surface area contributed by atoms with Crippen LogP contribution in [0.4, 0.5) is 5.69 Å². The van der Waals surface area contributed by atoms with Crippen molar-refractivity contribution in [3.8, 4) is 11.5 Å². The van der Waals surface area contributed by atoms with E-state index in [1.54, 1.807) is 6.07 Å². The molecule has 1 aromatic heterocycles. The van der Waals surface area contributed by atoms with Gasteiger partial charge in [-0.2, -0.15) is 4.98 Å². The molecule has 0 spiro atoms. The van der Waals surface area contributed by atoms with Gasteiger partial charge < -0.3 is 9.84 Å². The quantitative estimate of drug-likeness (QED) is 0.664. The predicted octanol–water partition coefficient (Wildman–Crippen LogP) is 2.91. The van der Waals surface area contributed by atoms with Crippen LogP contribution in [0.2, 0.25) is 0 Å². The standard InChI is InChI=1S/C12H13BrN4O3/c1-7(2)14-6-11-15-12(20-16-11)8-3-9(13)5-10(4-8)17(18)19/h3-5,7,14H,6H2,1-2H3. The molecule has 0 unspecified atom stereocenters. The van der Waals surface area contributed by atoms with E-state index in [9.17, 15) is 10.1 Å². The smallest absolute Gasteiger partial charge is 0.271 e. The second kappa shape index (κ2) is 6.10. The van der Waals surface area contributed by atoms with E-state index < -0.39 is 4.92 Å². The maximum Gasteiger partial charge on any atom is 0.271 e. The summed E-state index contributed by atoms with van der Waals surface area (Å²) in [6.07, 6.45) is 0. The highest BCUT2D eigenvalue weighted by Gasteiger charge is 2.14. The molecule has 0 aliphatic rings. The summed E-state index contributed by atoms with van der Waals surface area (Å²) in [6, 6.07) is 4.82. The molecule has 0 bridgehead atoms. The van der Waals surface area contributed by atoms with Crippen LogP contribution in [-0.2, 0) is 6.54 Å². The molecular formula is C12H13BrN4O3. The van der Waals surface area contributed by atoms with E-state index in [0.717, 1.165) is 0 Å². The van der Waals surface area contributed by atoms with Crippen LogP contribution in [0.15, 0.2) is 27.2 Å². The Hall–Kier alpha value is -1.80. The van der Waals surface area contributed by atoms with Crippen molar-refractivity contribution in [3.63, 3.8) is 0 Å². The second-order valence-corrected chi connectivity index (χ2v) is 5.42. The number of halogens is 1. The minimum absolute atomic E-state index is 0.0329. The molecule has 1 heterocycles. The van der Waals surface area contributed by atoms with Crippen LogP contribution in [0.5, 0.6) is 0 Å². The van der Waals surface area contributed by atoms with E-state index in [2.05, 4.69) is 31.4 Å². The van der Waals surface area contributed by atoms with Gasteiger partial charge in [0.05, 0.1) is 11.5 Å². The average molecular weight is 341 g/mol. The van der Waals surface area contributed by atoms with Crippen LogP contribution in [-0.4, -0.2) is 21.1 Å². The number of aromatic nitrogens is 2. The van der Waals surface area contributed by atoms with Gasteiger partial charge in [-0.25, -0.2) is 0 Å². The third-order valence-corrected chi connectivity index (χ3v) is 2.93. The Morgan fingerprint density at radius 1 is 1.45 bits per heavy atom. The van der Waals surface area contributed by atoms with Crippen molar-refractivity contribution in [2.24, 2.45) is 0 Å². The van der Waals surface area contributed by atoms with Gasteiger partial charge in [-0.3, -0.25) is 10.1 Å². The monoisotopic (exact) mass is 340 g/mol. The Morgan fingerprint density at radius 2 is 2.20 bits per heavy atom. The van der Waals surface area contributed by atoms with E-state index in [1.807, 2.05) is 13.8 Å². The van der Waals surface area contributed by atoms with Gasteiger partial charge in [-0.1, -0.05) is 34.9 Å². The minimum atomic E-state index is -0.466. The van der Waals surface area contributed by atoms with E-state index >= 15 is 0 Å². The summed E-state index contributed by atoms with van der Waals surface area (Å²) in [5.74, 6) is 0.770. The summed E-state index contributed by atoms with van der Waals surface area (Å²) in [4.78, 5) is 14.6. The summed E-state index contributed by atoms with van der Waals surface area (Å²) in [7, 11) is 0. The maximum absolute atomic E-state index is 10.8. The third-order valence-electron chi connectivity index (χ3n) is 2.48. The zero-order valence-electron chi connectivity index (χ0n) is 11.0. The first-order valence-electron chi connectivity index (χ1n) is 5.97. The number of nitrogens with one attached hydrogen (secondary N) is 1. The average Bonchev–Trinajstić information content (AvgIpc) is 2.84. The number of nitro benzene ring substituents is 1. The number of hydrogen-bond donors (Lipinski definition) is 1. The number of benzene rings is 1. The Kier molecular flexibility index (Phi) is 4.46. The lowest BCUT2D eigenvalue weighted by Crippen LogP contribution is -2.22. The van der Waals surface area contributed by atoms with Gasteiger partial charge in [0.2, 0.25) is 0 Å². The normalized spacial score (nSPS) is 11.0. The SMILES string of the molecule is CC(C)NCc1noc(-c2cc(Br)cc([N+](=O)[O-])c2)n1. The van der Waals surface area contributed by atoms with Crippen LogP contribution in [0.25, 0.3) is 11.5 Å². The number of nitro groups is 1. The molecule has 20 heavy (non-hydrogen) atoms. The van der Waals surface area contributed by atoms with Crippen molar-refractivity contribution in [1.82, 2.24) is 15.5 Å². The fraction of sp³-hybridized carbons (Fsp3) is 0.333. The molecule has 7 nitrogen and oxygen atoms in total. The highest BCUT2D eigenvalue weighted by atomic mass is 79.9. The first-order chi connectivity index (χ1) is 9.45. The Morgan fingerprint density at radius 3 is 2.85 bits per heavy atom. The van der Waals surface area contributed by atoms with Crippen LogP contribution < -0.4 is 5.32 Å². The zero-order chi connectivity index (χ0) is 14.7. The lowest BCUT2D eigenvalue weighted by Gasteiger charge is -2.03. The lowest BCUT2D eigenvalue weighted by atomic mass is 10.2. The van der Waals surface area contributed by atoms with Gasteiger partial charge in [0, 0.05) is 28.2 Å². The van der Waals surface area contributed by atoms with E-state index in [4.69, 9.17) is 4.52 Å². The molecule has 0 atom stereocenters. The van der Waals surface area contributed by atoms with Crippen molar-refractivity contribution >= 4 is 21.6 Å². The Balaban J connectivity index is 2.25. The van der Waals surface area contributed by atoms with Crippen LogP contribution in [0, 0.1) is 10.1 Å². The summed E-state index contributed by atoms with van der Waals surface area (Å²) in [5.41, 5.74) is 0.476. The molecule has 0 fully saturated rings. The summed E-state index contributed by atoms with van der Waals surface area (Å²) >= 11 is 3.23. The molecular weight excluding hydrogens is 328 g/mol. The predicted molar refractivity (Wildman–Crippen MR) is 76.1 cm³/mol. The fourth-order valence-corrected chi connectivity index (χ4v) is 2.02. The minimum Gasteiger partial charge on any atom is -0.334 e. The largest absolute Gasteiger partial charge is 0.334 e. The van der Waals surface area contributed by atoms with Crippen molar-refractivity contribution < 1.29 is 9.45 Å². The van der Waals surface area contributed by atoms with Gasteiger partial charge in [-0.15, -0.1) is 0 Å². The molecule has 0 saturated carbocycles. The molecule has 1 N–H and O–H groups in total. The van der Waals surface area contributed by atoms with E-state index in [-0.39, 0.29) is 11.6 Å². The van der Waals surface area contributed by atoms with Crippen molar-refractivity contribution in [2.75, 3.05) is 0 Å². The molecule has 106 valence electrons. The van der Waals surface area contributed by atoms with Crippen LogP contribution in [0.3, 0.4) is 0 Å². The first kappa shape index (κ1) is 14.6. The van der Waals surface area contributed by atoms with Crippen molar-refractivity contribution in [1.29, 1.82) is 0 Å². The van der Waals surface area contributed by atoms with Gasteiger partial charge in [0.1, 0.15) is 0 Å². The zero-order valence-corrected chi connectivity index (χ0v) is 12.5. The lowest BCUT2D eigenvalue weighted by molar-refractivity contribution is -0.384. The molecule has 1 aromatic carbocycles. The number of non-ortho nitro benzene ring substituents is 1. The molecule has 0 saturated heterocycles. The van der Waals surface area contributed by atoms with Gasteiger partial charge in [0.25, 0.3) is 11.6 Å².